The molecule has 1 aliphatic heterocycles. The van der Waals surface area contributed by atoms with E-state index in [9.17, 15) is 4.79 Å². The predicted molar refractivity (Wildman–Crippen MR) is 120 cm³/mol. The molecule has 164 valence electrons. The Bertz CT molecular complexity index is 1060. The van der Waals surface area contributed by atoms with E-state index in [1.807, 2.05) is 19.9 Å². The topological polar surface area (TPSA) is 97.2 Å². The maximum absolute atomic E-state index is 12.9. The molecule has 2 N–H and O–H groups in total. The molecule has 0 spiro atoms. The summed E-state index contributed by atoms with van der Waals surface area (Å²) in [5.41, 5.74) is 1.84. The van der Waals surface area contributed by atoms with Crippen molar-refractivity contribution in [1.29, 1.82) is 0 Å². The van der Waals surface area contributed by atoms with Crippen LogP contribution in [-0.4, -0.2) is 76.0 Å². The first kappa shape index (κ1) is 21.5. The highest BCUT2D eigenvalue weighted by Crippen LogP contribution is 2.23. The fraction of sp³-hybridized carbons (Fsp3) is 0.429. The summed E-state index contributed by atoms with van der Waals surface area (Å²) < 4.78 is 7.00. The first-order valence-electron chi connectivity index (χ1n) is 10.4. The maximum Gasteiger partial charge on any atom is 0.255 e. The third-order valence-corrected chi connectivity index (χ3v) is 5.19. The zero-order valence-electron chi connectivity index (χ0n) is 17.6. The highest BCUT2D eigenvalue weighted by molar-refractivity contribution is 6.31. The molecular formula is C21H26ClN7O2. The predicted octanol–water partition coefficient (Wildman–Crippen LogP) is 2.35. The minimum atomic E-state index is -0.161. The van der Waals surface area contributed by atoms with E-state index in [1.165, 1.54) is 0 Å². The summed E-state index contributed by atoms with van der Waals surface area (Å²) in [6, 6.07) is 3.76. The number of nitrogens with one attached hydrogen (secondary N) is 2. The van der Waals surface area contributed by atoms with E-state index in [2.05, 4.69) is 30.6 Å². The number of ether oxygens (including phenoxy) is 1. The summed E-state index contributed by atoms with van der Waals surface area (Å²) in [7, 11) is 0. The van der Waals surface area contributed by atoms with Gasteiger partial charge in [0.15, 0.2) is 11.5 Å². The Balaban J connectivity index is 1.54. The average molecular weight is 444 g/mol. The van der Waals surface area contributed by atoms with Crippen molar-refractivity contribution in [2.45, 2.75) is 19.9 Å². The highest BCUT2D eigenvalue weighted by Gasteiger charge is 2.17. The standard InChI is InChI=1S/C21H26ClN7O2/c1-14(2)27-18-10-19(29-20-15(11-26-29)9-16(22)12-25-20)24-13-17(18)21(30)23-3-4-28-5-7-31-8-6-28/h9-14H,3-8H2,1-2H3,(H,23,30)(H,24,27). The van der Waals surface area contributed by atoms with E-state index in [1.54, 1.807) is 29.3 Å². The summed E-state index contributed by atoms with van der Waals surface area (Å²) in [5.74, 6) is 0.406. The van der Waals surface area contributed by atoms with Crippen LogP contribution in [0.1, 0.15) is 24.2 Å². The smallest absolute Gasteiger partial charge is 0.255 e. The van der Waals surface area contributed by atoms with Gasteiger partial charge in [0.25, 0.3) is 5.91 Å². The zero-order valence-corrected chi connectivity index (χ0v) is 18.4. The number of carbonyl (C=O) groups excluding carboxylic acids is 1. The molecule has 3 aromatic rings. The lowest BCUT2D eigenvalue weighted by Gasteiger charge is -2.26. The van der Waals surface area contributed by atoms with Crippen LogP contribution in [-0.2, 0) is 4.74 Å². The maximum atomic E-state index is 12.9. The summed E-state index contributed by atoms with van der Waals surface area (Å²) in [5, 5.41) is 12.1. The van der Waals surface area contributed by atoms with Crippen molar-refractivity contribution in [2.75, 3.05) is 44.7 Å². The number of nitrogens with zero attached hydrogens (tertiary/aromatic N) is 5. The van der Waals surface area contributed by atoms with Gasteiger partial charge in [0, 0.05) is 56.1 Å². The number of pyridine rings is 2. The van der Waals surface area contributed by atoms with Crippen LogP contribution < -0.4 is 10.6 Å². The molecule has 0 bridgehead atoms. The van der Waals surface area contributed by atoms with Crippen molar-refractivity contribution in [1.82, 2.24) is 30.0 Å². The van der Waals surface area contributed by atoms with Gasteiger partial charge in [0.05, 0.1) is 35.7 Å². The van der Waals surface area contributed by atoms with Gasteiger partial charge in [0.2, 0.25) is 0 Å². The second-order valence-electron chi connectivity index (χ2n) is 7.72. The van der Waals surface area contributed by atoms with Gasteiger partial charge < -0.3 is 15.4 Å². The molecule has 1 saturated heterocycles. The van der Waals surface area contributed by atoms with Gasteiger partial charge in [-0.05, 0) is 19.9 Å². The van der Waals surface area contributed by atoms with Gasteiger partial charge in [-0.1, -0.05) is 11.6 Å². The van der Waals surface area contributed by atoms with E-state index >= 15 is 0 Å². The molecule has 1 amide bonds. The molecule has 0 unspecified atom stereocenters. The molecule has 9 nitrogen and oxygen atoms in total. The monoisotopic (exact) mass is 443 g/mol. The molecule has 1 fully saturated rings. The molecule has 0 saturated carbocycles. The lowest BCUT2D eigenvalue weighted by molar-refractivity contribution is 0.0383. The number of carbonyl (C=O) groups is 1. The minimum Gasteiger partial charge on any atom is -0.382 e. The van der Waals surface area contributed by atoms with Gasteiger partial charge in [0.1, 0.15) is 0 Å². The minimum absolute atomic E-state index is 0.140. The van der Waals surface area contributed by atoms with Crippen molar-refractivity contribution in [3.05, 3.63) is 41.3 Å². The van der Waals surface area contributed by atoms with E-state index in [0.717, 1.165) is 38.2 Å². The molecule has 3 aromatic heterocycles. The zero-order chi connectivity index (χ0) is 21.8. The van der Waals surface area contributed by atoms with Crippen molar-refractivity contribution >= 4 is 34.2 Å². The average Bonchev–Trinajstić information content (AvgIpc) is 3.17. The second-order valence-corrected chi connectivity index (χ2v) is 8.16. The molecule has 10 heteroatoms. The Morgan fingerprint density at radius 3 is 2.77 bits per heavy atom. The van der Waals surface area contributed by atoms with Crippen molar-refractivity contribution in [3.63, 3.8) is 0 Å². The third-order valence-electron chi connectivity index (χ3n) is 4.99. The lowest BCUT2D eigenvalue weighted by Crippen LogP contribution is -2.41. The number of halogens is 1. The van der Waals surface area contributed by atoms with Gasteiger partial charge in [-0.2, -0.15) is 9.78 Å². The van der Waals surface area contributed by atoms with Crippen LogP contribution in [0.5, 0.6) is 0 Å². The van der Waals surface area contributed by atoms with E-state index in [-0.39, 0.29) is 11.9 Å². The Hall–Kier alpha value is -2.75. The van der Waals surface area contributed by atoms with Crippen molar-refractivity contribution in [3.8, 4) is 5.82 Å². The Morgan fingerprint density at radius 2 is 2.00 bits per heavy atom. The Labute approximate surface area is 185 Å². The molecule has 4 rings (SSSR count). The van der Waals surface area contributed by atoms with Crippen LogP contribution in [0.3, 0.4) is 0 Å². The molecule has 1 aliphatic rings. The number of fused-ring (bicyclic) bond motifs is 1. The lowest BCUT2D eigenvalue weighted by atomic mass is 10.2. The molecular weight excluding hydrogens is 418 g/mol. The molecule has 0 atom stereocenters. The van der Waals surface area contributed by atoms with Crippen LogP contribution >= 0.6 is 11.6 Å². The quantitative estimate of drug-likeness (QED) is 0.578. The van der Waals surface area contributed by atoms with Gasteiger partial charge in [-0.15, -0.1) is 0 Å². The largest absolute Gasteiger partial charge is 0.382 e. The van der Waals surface area contributed by atoms with Crippen molar-refractivity contribution in [2.24, 2.45) is 0 Å². The van der Waals surface area contributed by atoms with E-state index < -0.39 is 0 Å². The summed E-state index contributed by atoms with van der Waals surface area (Å²) in [4.78, 5) is 24.0. The number of anilines is 1. The molecule has 0 aromatic carbocycles. The number of morpholine rings is 1. The molecule has 31 heavy (non-hydrogen) atoms. The van der Waals surface area contributed by atoms with Crippen LogP contribution in [0.2, 0.25) is 5.02 Å². The fourth-order valence-electron chi connectivity index (χ4n) is 3.48. The van der Waals surface area contributed by atoms with Crippen LogP contribution in [0.15, 0.2) is 30.7 Å². The molecule has 0 aliphatic carbocycles. The van der Waals surface area contributed by atoms with Crippen LogP contribution in [0, 0.1) is 0 Å². The summed E-state index contributed by atoms with van der Waals surface area (Å²) in [6.45, 7) is 8.67. The third kappa shape index (κ3) is 5.12. The van der Waals surface area contributed by atoms with Gasteiger partial charge in [-0.3, -0.25) is 9.69 Å². The number of hydrogen-bond donors (Lipinski definition) is 2. The van der Waals surface area contributed by atoms with Crippen LogP contribution in [0.4, 0.5) is 5.69 Å². The van der Waals surface area contributed by atoms with Gasteiger partial charge >= 0.3 is 0 Å². The van der Waals surface area contributed by atoms with E-state index in [4.69, 9.17) is 16.3 Å². The number of rotatable bonds is 7. The first-order chi connectivity index (χ1) is 15.0. The van der Waals surface area contributed by atoms with Crippen LogP contribution in [0.25, 0.3) is 16.9 Å². The Kier molecular flexibility index (Phi) is 6.64. The number of aromatic nitrogens is 4. The first-order valence-corrected chi connectivity index (χ1v) is 10.7. The number of hydrogen-bond acceptors (Lipinski definition) is 7. The summed E-state index contributed by atoms with van der Waals surface area (Å²) in [6.07, 6.45) is 4.84. The summed E-state index contributed by atoms with van der Waals surface area (Å²) >= 11 is 6.02. The van der Waals surface area contributed by atoms with Crippen molar-refractivity contribution < 1.29 is 9.53 Å². The highest BCUT2D eigenvalue weighted by atomic mass is 35.5. The Morgan fingerprint density at radius 1 is 1.19 bits per heavy atom. The molecule has 4 heterocycles. The van der Waals surface area contributed by atoms with E-state index in [0.29, 0.717) is 34.3 Å². The normalized spacial score (nSPS) is 14.8. The fourth-order valence-corrected chi connectivity index (χ4v) is 3.65. The number of amides is 1. The second kappa shape index (κ2) is 9.59. The SMILES string of the molecule is CC(C)Nc1cc(-n2ncc3cc(Cl)cnc32)ncc1C(=O)NCCN1CCOCC1. The molecule has 0 radical (unpaired) electrons. The van der Waals surface area contributed by atoms with Gasteiger partial charge in [-0.25, -0.2) is 9.97 Å².